The minimum atomic E-state index is 0.227. The van der Waals surface area contributed by atoms with Crippen LogP contribution in [-0.2, 0) is 11.3 Å². The maximum Gasteiger partial charge on any atom is 0.225 e. The molecule has 2 aliphatic rings. The maximum absolute atomic E-state index is 13.1. The van der Waals surface area contributed by atoms with E-state index >= 15 is 0 Å². The van der Waals surface area contributed by atoms with Crippen molar-refractivity contribution in [1.82, 2.24) is 29.3 Å². The highest BCUT2D eigenvalue weighted by Crippen LogP contribution is 2.38. The van der Waals surface area contributed by atoms with Gasteiger partial charge in [0.15, 0.2) is 5.82 Å². The quantitative estimate of drug-likeness (QED) is 0.314. The molecule has 0 unspecified atom stereocenters. The molecule has 1 aliphatic heterocycles. The number of nitrogen functional groups attached to an aromatic ring is 1. The minimum Gasteiger partial charge on any atom is -0.382 e. The van der Waals surface area contributed by atoms with E-state index in [1.165, 1.54) is 31.2 Å². The van der Waals surface area contributed by atoms with Crippen molar-refractivity contribution in [2.24, 2.45) is 5.92 Å². The van der Waals surface area contributed by atoms with E-state index in [4.69, 9.17) is 10.8 Å². The first-order chi connectivity index (χ1) is 19.6. The number of benzene rings is 2. The minimum absolute atomic E-state index is 0.227. The molecular formula is C32H35N7O. The van der Waals surface area contributed by atoms with Crippen molar-refractivity contribution in [2.75, 3.05) is 18.8 Å². The van der Waals surface area contributed by atoms with Crippen molar-refractivity contribution in [3.63, 3.8) is 0 Å². The molecule has 1 amide bonds. The van der Waals surface area contributed by atoms with Gasteiger partial charge >= 0.3 is 0 Å². The smallest absolute Gasteiger partial charge is 0.225 e. The van der Waals surface area contributed by atoms with Gasteiger partial charge in [0, 0.05) is 47.8 Å². The molecule has 5 aromatic rings. The van der Waals surface area contributed by atoms with Crippen LogP contribution in [0, 0.1) is 5.92 Å². The van der Waals surface area contributed by atoms with Gasteiger partial charge in [-0.3, -0.25) is 9.48 Å². The first-order valence-electron chi connectivity index (χ1n) is 14.6. The monoisotopic (exact) mass is 533 g/mol. The second kappa shape index (κ2) is 10.4. The zero-order valence-corrected chi connectivity index (χ0v) is 22.7. The molecule has 8 heteroatoms. The van der Waals surface area contributed by atoms with E-state index in [0.717, 1.165) is 78.6 Å². The van der Waals surface area contributed by atoms with E-state index in [1.807, 2.05) is 15.3 Å². The lowest BCUT2D eigenvalue weighted by Crippen LogP contribution is -2.42. The van der Waals surface area contributed by atoms with Crippen LogP contribution in [0.1, 0.15) is 62.1 Å². The van der Waals surface area contributed by atoms with Crippen molar-refractivity contribution < 1.29 is 4.79 Å². The summed E-state index contributed by atoms with van der Waals surface area (Å²) >= 11 is 0. The largest absolute Gasteiger partial charge is 0.382 e. The average Bonchev–Trinajstić information content (AvgIpc) is 3.59. The van der Waals surface area contributed by atoms with Crippen LogP contribution in [0.3, 0.4) is 0 Å². The fraction of sp³-hybridized carbons (Fsp3) is 0.375. The number of carbonyl (C=O) groups is 1. The fourth-order valence-corrected chi connectivity index (χ4v) is 6.69. The van der Waals surface area contributed by atoms with Gasteiger partial charge in [0.1, 0.15) is 11.8 Å². The van der Waals surface area contributed by atoms with E-state index < -0.39 is 0 Å². The third-order valence-corrected chi connectivity index (χ3v) is 8.84. The highest BCUT2D eigenvalue weighted by atomic mass is 16.2. The number of fused-ring (bicyclic) bond motifs is 2. The van der Waals surface area contributed by atoms with Gasteiger partial charge in [-0.2, -0.15) is 10.2 Å². The van der Waals surface area contributed by atoms with Crippen molar-refractivity contribution in [3.05, 3.63) is 78.4 Å². The first kappa shape index (κ1) is 24.8. The number of nitrogens with zero attached hydrogens (tertiary/aromatic N) is 6. The Balaban J connectivity index is 1.17. The van der Waals surface area contributed by atoms with E-state index in [0.29, 0.717) is 17.6 Å². The fourth-order valence-electron chi connectivity index (χ4n) is 6.69. The van der Waals surface area contributed by atoms with Crippen LogP contribution in [0.2, 0.25) is 0 Å². The van der Waals surface area contributed by atoms with Gasteiger partial charge in [-0.25, -0.2) is 9.50 Å². The molecule has 8 nitrogen and oxygen atoms in total. The molecule has 0 atom stereocenters. The zero-order chi connectivity index (χ0) is 27.1. The van der Waals surface area contributed by atoms with Crippen LogP contribution in [0.15, 0.2) is 67.1 Å². The third kappa shape index (κ3) is 4.61. The Bertz CT molecular complexity index is 1660. The summed E-state index contributed by atoms with van der Waals surface area (Å²) in [6, 6.07) is 19.0. The second-order valence-electron chi connectivity index (χ2n) is 11.4. The lowest BCUT2D eigenvalue weighted by Gasteiger charge is -2.35. The van der Waals surface area contributed by atoms with E-state index in [2.05, 4.69) is 69.7 Å². The number of hydrogen-bond donors (Lipinski definition) is 1. The summed E-state index contributed by atoms with van der Waals surface area (Å²) < 4.78 is 3.96. The normalized spacial score (nSPS) is 17.1. The van der Waals surface area contributed by atoms with Crippen LogP contribution in [0.25, 0.3) is 27.5 Å². The summed E-state index contributed by atoms with van der Waals surface area (Å²) in [4.78, 5) is 19.6. The number of rotatable bonds is 5. The van der Waals surface area contributed by atoms with Crippen molar-refractivity contribution in [1.29, 1.82) is 0 Å². The summed E-state index contributed by atoms with van der Waals surface area (Å²) in [5.41, 5.74) is 12.6. The number of nitrogens with two attached hydrogens (primary N) is 1. The van der Waals surface area contributed by atoms with Gasteiger partial charge in [-0.1, -0.05) is 61.7 Å². The molecule has 0 bridgehead atoms. The molecular weight excluding hydrogens is 498 g/mol. The van der Waals surface area contributed by atoms with Crippen LogP contribution in [0.5, 0.6) is 0 Å². The Labute approximate surface area is 233 Å². The molecule has 3 aromatic heterocycles. The van der Waals surface area contributed by atoms with Crippen LogP contribution < -0.4 is 5.73 Å². The van der Waals surface area contributed by atoms with Gasteiger partial charge in [0.25, 0.3) is 0 Å². The summed E-state index contributed by atoms with van der Waals surface area (Å²) in [6.45, 7) is 2.33. The van der Waals surface area contributed by atoms with Gasteiger partial charge in [-0.05, 0) is 48.9 Å². The number of likely N-dealkylation sites (tertiary alicyclic amines) is 1. The summed E-state index contributed by atoms with van der Waals surface area (Å²) in [5.74, 6) is 1.37. The lowest BCUT2D eigenvalue weighted by molar-refractivity contribution is -0.137. The van der Waals surface area contributed by atoms with Gasteiger partial charge in [0.2, 0.25) is 5.91 Å². The Morgan fingerprint density at radius 1 is 0.950 bits per heavy atom. The van der Waals surface area contributed by atoms with Crippen LogP contribution in [0.4, 0.5) is 5.82 Å². The molecule has 2 N–H and O–H groups in total. The topological polar surface area (TPSA) is 94.3 Å². The molecule has 1 saturated heterocycles. The summed E-state index contributed by atoms with van der Waals surface area (Å²) in [7, 11) is 0. The average molecular weight is 534 g/mol. The molecule has 7 rings (SSSR count). The number of anilines is 1. The molecule has 204 valence electrons. The van der Waals surface area contributed by atoms with Crippen molar-refractivity contribution in [3.8, 4) is 11.1 Å². The van der Waals surface area contributed by atoms with Crippen molar-refractivity contribution in [2.45, 2.75) is 57.4 Å². The predicted molar refractivity (Wildman–Crippen MR) is 157 cm³/mol. The lowest BCUT2D eigenvalue weighted by atomic mass is 9.86. The highest BCUT2D eigenvalue weighted by molar-refractivity contribution is 5.92. The molecule has 2 aromatic carbocycles. The second-order valence-corrected chi connectivity index (χ2v) is 11.4. The number of carbonyl (C=O) groups excluding carboxylic acids is 1. The summed E-state index contributed by atoms with van der Waals surface area (Å²) in [5, 5.41) is 10.6. The summed E-state index contributed by atoms with van der Waals surface area (Å²) in [6.07, 6.45) is 11.2. The third-order valence-electron chi connectivity index (χ3n) is 8.84. The SMILES string of the molecule is Nc1ncnn2c(C3CCN(C(=O)C4CCCCC4)CC3)cc(-c3ccc4cn(Cc5ccccc5)nc4c3)c12. The Hall–Kier alpha value is -4.20. The van der Waals surface area contributed by atoms with E-state index in [1.54, 1.807) is 0 Å². The Morgan fingerprint density at radius 2 is 1.75 bits per heavy atom. The predicted octanol–water partition coefficient (Wildman–Crippen LogP) is 5.66. The van der Waals surface area contributed by atoms with Gasteiger partial charge in [-0.15, -0.1) is 0 Å². The standard InChI is InChI=1S/C32H35N7O/c33-31-30-27(25-11-12-26-20-38(36-28(26)17-25)19-22-7-3-1-4-8-22)18-29(39(30)35-21-34-31)23-13-15-37(16-14-23)32(40)24-9-5-2-6-10-24/h1,3-4,7-8,11-12,17-18,20-21,23-24H,2,5-6,9-10,13-16,19H2,(H2,33,34,35). The number of aromatic nitrogens is 5. The maximum atomic E-state index is 13.1. The molecule has 1 saturated carbocycles. The van der Waals surface area contributed by atoms with Gasteiger partial charge < -0.3 is 10.6 Å². The molecule has 4 heterocycles. The number of amides is 1. The Kier molecular flexibility index (Phi) is 6.46. The molecule has 1 aliphatic carbocycles. The Morgan fingerprint density at radius 3 is 2.55 bits per heavy atom. The van der Waals surface area contributed by atoms with Crippen LogP contribution >= 0.6 is 0 Å². The van der Waals surface area contributed by atoms with Gasteiger partial charge in [0.05, 0.1) is 12.1 Å². The molecule has 0 radical (unpaired) electrons. The zero-order valence-electron chi connectivity index (χ0n) is 22.7. The molecule has 40 heavy (non-hydrogen) atoms. The van der Waals surface area contributed by atoms with Crippen LogP contribution in [-0.4, -0.2) is 48.3 Å². The molecule has 2 fully saturated rings. The number of hydrogen-bond acceptors (Lipinski definition) is 5. The van der Waals surface area contributed by atoms with E-state index in [-0.39, 0.29) is 5.92 Å². The molecule has 0 spiro atoms. The van der Waals surface area contributed by atoms with E-state index in [9.17, 15) is 4.79 Å². The first-order valence-corrected chi connectivity index (χ1v) is 14.6. The number of piperidine rings is 1. The van der Waals surface area contributed by atoms with Crippen molar-refractivity contribution >= 4 is 28.1 Å². The highest BCUT2D eigenvalue weighted by Gasteiger charge is 2.31.